The van der Waals surface area contributed by atoms with Crippen molar-refractivity contribution in [2.24, 2.45) is 0 Å². The van der Waals surface area contributed by atoms with Crippen molar-refractivity contribution in [3.8, 4) is 0 Å². The molecule has 1 saturated heterocycles. The monoisotopic (exact) mass is 280 g/mol. The third-order valence-electron chi connectivity index (χ3n) is 4.02. The van der Waals surface area contributed by atoms with Crippen LogP contribution in [0.4, 0.5) is 0 Å². The topological polar surface area (TPSA) is 61.9 Å². The van der Waals surface area contributed by atoms with E-state index in [4.69, 9.17) is 0 Å². The number of piperidine rings is 1. The van der Waals surface area contributed by atoms with Crippen LogP contribution in [-0.2, 0) is 4.79 Å². The summed E-state index contributed by atoms with van der Waals surface area (Å²) in [5, 5.41) is 7.40. The van der Waals surface area contributed by atoms with Gasteiger partial charge in [-0.15, -0.1) is 0 Å². The van der Waals surface area contributed by atoms with E-state index in [2.05, 4.69) is 27.8 Å². The summed E-state index contributed by atoms with van der Waals surface area (Å²) in [6, 6.07) is 0. The Morgan fingerprint density at radius 2 is 2.00 bits per heavy atom. The number of rotatable bonds is 4. The van der Waals surface area contributed by atoms with E-state index in [0.29, 0.717) is 24.0 Å². The summed E-state index contributed by atoms with van der Waals surface area (Å²) in [4.78, 5) is 18.4. The smallest absolute Gasteiger partial charge is 0.223 e. The highest BCUT2D eigenvalue weighted by molar-refractivity contribution is 7.80. The van der Waals surface area contributed by atoms with E-state index in [-0.39, 0.29) is 5.91 Å². The van der Waals surface area contributed by atoms with Gasteiger partial charge >= 0.3 is 0 Å². The van der Waals surface area contributed by atoms with Gasteiger partial charge in [0.25, 0.3) is 0 Å². The van der Waals surface area contributed by atoms with Crippen LogP contribution in [0.25, 0.3) is 0 Å². The van der Waals surface area contributed by atoms with Crippen LogP contribution in [0.3, 0.4) is 0 Å². The second kappa shape index (κ2) is 5.53. The minimum atomic E-state index is 0.227. The number of H-pyrrole nitrogens is 1. The van der Waals surface area contributed by atoms with Crippen molar-refractivity contribution in [1.82, 2.24) is 20.1 Å². The highest BCUT2D eigenvalue weighted by Crippen LogP contribution is 2.38. The minimum absolute atomic E-state index is 0.227. The lowest BCUT2D eigenvalue weighted by Gasteiger charge is -2.31. The quantitative estimate of drug-likeness (QED) is 0.825. The molecule has 1 saturated carbocycles. The number of hydrogen-bond acceptors (Lipinski definition) is 4. The Bertz CT molecular complexity index is 449. The third-order valence-corrected chi connectivity index (χ3v) is 4.25. The Morgan fingerprint density at radius 3 is 2.63 bits per heavy atom. The summed E-state index contributed by atoms with van der Waals surface area (Å²) in [5.41, 5.74) is 0. The maximum Gasteiger partial charge on any atom is 0.223 e. The molecule has 0 aromatic carbocycles. The standard InChI is InChI=1S/C13H20N4OS/c18-11(5-8-19)17-6-3-10(4-7-17)13-14-12(15-16-13)9-1-2-9/h9-10,19H,1-8H2,(H,14,15,16). The van der Waals surface area contributed by atoms with Gasteiger partial charge in [0.2, 0.25) is 5.91 Å². The number of carbonyl (C=O) groups is 1. The van der Waals surface area contributed by atoms with E-state index in [1.54, 1.807) is 0 Å². The molecule has 1 N–H and O–H groups in total. The fourth-order valence-electron chi connectivity index (χ4n) is 2.65. The average Bonchev–Trinajstić information content (AvgIpc) is 3.17. The number of nitrogens with zero attached hydrogens (tertiary/aromatic N) is 3. The van der Waals surface area contributed by atoms with Gasteiger partial charge in [0.15, 0.2) is 5.82 Å². The van der Waals surface area contributed by atoms with Gasteiger partial charge in [0.05, 0.1) is 0 Å². The second-order valence-corrected chi connectivity index (χ2v) is 5.93. The van der Waals surface area contributed by atoms with E-state index < -0.39 is 0 Å². The Morgan fingerprint density at radius 1 is 1.26 bits per heavy atom. The molecule has 0 unspecified atom stereocenters. The highest BCUT2D eigenvalue weighted by Gasteiger charge is 2.30. The molecule has 1 aliphatic carbocycles. The largest absolute Gasteiger partial charge is 0.343 e. The first kappa shape index (κ1) is 13.0. The van der Waals surface area contributed by atoms with E-state index in [9.17, 15) is 4.79 Å². The fourth-order valence-corrected chi connectivity index (χ4v) is 2.84. The molecular weight excluding hydrogens is 260 g/mol. The zero-order valence-electron chi connectivity index (χ0n) is 11.0. The summed E-state index contributed by atoms with van der Waals surface area (Å²) >= 11 is 4.11. The molecule has 1 aromatic heterocycles. The van der Waals surface area contributed by atoms with Crippen LogP contribution in [0.5, 0.6) is 0 Å². The number of aromatic nitrogens is 3. The molecule has 1 aliphatic heterocycles. The van der Waals surface area contributed by atoms with Crippen molar-refractivity contribution in [2.75, 3.05) is 18.8 Å². The lowest BCUT2D eigenvalue weighted by Crippen LogP contribution is -2.38. The second-order valence-electron chi connectivity index (χ2n) is 5.48. The number of nitrogens with one attached hydrogen (secondary N) is 1. The third kappa shape index (κ3) is 2.94. The number of carbonyl (C=O) groups excluding carboxylic acids is 1. The van der Waals surface area contributed by atoms with Gasteiger partial charge in [0.1, 0.15) is 5.82 Å². The van der Waals surface area contributed by atoms with Crippen LogP contribution < -0.4 is 0 Å². The van der Waals surface area contributed by atoms with E-state index >= 15 is 0 Å². The van der Waals surface area contributed by atoms with Gasteiger partial charge in [-0.1, -0.05) is 0 Å². The summed E-state index contributed by atoms with van der Waals surface area (Å²) in [6.07, 6.45) is 4.97. The molecule has 2 heterocycles. The van der Waals surface area contributed by atoms with Crippen LogP contribution in [0, 0.1) is 0 Å². The van der Waals surface area contributed by atoms with E-state index in [1.807, 2.05) is 4.90 Å². The molecule has 1 aromatic rings. The first-order valence-electron chi connectivity index (χ1n) is 7.08. The average molecular weight is 280 g/mol. The molecule has 104 valence electrons. The summed E-state index contributed by atoms with van der Waals surface area (Å²) < 4.78 is 0. The SMILES string of the molecule is O=C(CCS)N1CCC(c2nc(C3CC3)n[nH]2)CC1. The van der Waals surface area contributed by atoms with Gasteiger partial charge in [-0.3, -0.25) is 9.89 Å². The molecule has 0 radical (unpaired) electrons. The van der Waals surface area contributed by atoms with Crippen molar-refractivity contribution in [3.63, 3.8) is 0 Å². The van der Waals surface area contributed by atoms with Gasteiger partial charge in [-0.05, 0) is 31.4 Å². The molecule has 2 aliphatic rings. The van der Waals surface area contributed by atoms with E-state index in [0.717, 1.165) is 37.6 Å². The van der Waals surface area contributed by atoms with Crippen LogP contribution in [0.1, 0.15) is 55.6 Å². The molecule has 5 nitrogen and oxygen atoms in total. The van der Waals surface area contributed by atoms with Crippen LogP contribution >= 0.6 is 12.6 Å². The van der Waals surface area contributed by atoms with Crippen molar-refractivity contribution in [2.45, 2.75) is 43.9 Å². The number of likely N-dealkylation sites (tertiary alicyclic amines) is 1. The predicted molar refractivity (Wildman–Crippen MR) is 75.4 cm³/mol. The predicted octanol–water partition coefficient (Wildman–Crippen LogP) is 1.71. The van der Waals surface area contributed by atoms with Gasteiger partial charge in [0, 0.05) is 31.3 Å². The number of hydrogen-bond donors (Lipinski definition) is 2. The molecular formula is C13H20N4OS. The molecule has 0 bridgehead atoms. The first-order chi connectivity index (χ1) is 9.28. The van der Waals surface area contributed by atoms with Gasteiger partial charge in [-0.25, -0.2) is 4.98 Å². The Labute approximate surface area is 118 Å². The van der Waals surface area contributed by atoms with E-state index in [1.165, 1.54) is 12.8 Å². The van der Waals surface area contributed by atoms with Crippen LogP contribution in [0.2, 0.25) is 0 Å². The normalized spacial score (nSPS) is 20.8. The van der Waals surface area contributed by atoms with Gasteiger partial charge < -0.3 is 4.90 Å². The van der Waals surface area contributed by atoms with Crippen molar-refractivity contribution < 1.29 is 4.79 Å². The minimum Gasteiger partial charge on any atom is -0.343 e. The summed E-state index contributed by atoms with van der Waals surface area (Å²) in [6.45, 7) is 1.66. The highest BCUT2D eigenvalue weighted by atomic mass is 32.1. The van der Waals surface area contributed by atoms with Crippen molar-refractivity contribution in [1.29, 1.82) is 0 Å². The molecule has 6 heteroatoms. The lowest BCUT2D eigenvalue weighted by molar-refractivity contribution is -0.131. The van der Waals surface area contributed by atoms with Crippen LogP contribution in [-0.4, -0.2) is 44.8 Å². The molecule has 0 spiro atoms. The van der Waals surface area contributed by atoms with Crippen molar-refractivity contribution >= 4 is 18.5 Å². The zero-order chi connectivity index (χ0) is 13.2. The fraction of sp³-hybridized carbons (Fsp3) is 0.769. The maximum absolute atomic E-state index is 11.8. The van der Waals surface area contributed by atoms with Crippen molar-refractivity contribution in [3.05, 3.63) is 11.6 Å². The summed E-state index contributed by atoms with van der Waals surface area (Å²) in [7, 11) is 0. The summed E-state index contributed by atoms with van der Waals surface area (Å²) in [5.74, 6) is 3.89. The molecule has 19 heavy (non-hydrogen) atoms. The molecule has 2 fully saturated rings. The Kier molecular flexibility index (Phi) is 3.77. The lowest BCUT2D eigenvalue weighted by atomic mass is 9.96. The molecule has 3 rings (SSSR count). The number of thiol groups is 1. The Hall–Kier alpha value is -1.04. The zero-order valence-corrected chi connectivity index (χ0v) is 11.9. The number of amides is 1. The Balaban J connectivity index is 1.55. The first-order valence-corrected chi connectivity index (χ1v) is 7.72. The maximum atomic E-state index is 11.8. The molecule has 0 atom stereocenters. The molecule has 1 amide bonds. The van der Waals surface area contributed by atoms with Gasteiger partial charge in [-0.2, -0.15) is 17.7 Å². The van der Waals surface area contributed by atoms with Crippen LogP contribution in [0.15, 0.2) is 0 Å². The number of aromatic amines is 1.